The van der Waals surface area contributed by atoms with Crippen molar-refractivity contribution >= 4 is 28.4 Å². The monoisotopic (exact) mass is 594 g/mol. The molecule has 0 spiro atoms. The number of anilines is 2. The van der Waals surface area contributed by atoms with Crippen LogP contribution >= 0.6 is 0 Å². The normalized spacial score (nSPS) is 15.2. The van der Waals surface area contributed by atoms with Gasteiger partial charge in [0.25, 0.3) is 11.5 Å². The molecule has 42 heavy (non-hydrogen) atoms. The second kappa shape index (κ2) is 11.0. The number of piperazine rings is 1. The summed E-state index contributed by atoms with van der Waals surface area (Å²) in [6, 6.07) is 6.50. The first-order chi connectivity index (χ1) is 19.8. The van der Waals surface area contributed by atoms with Crippen LogP contribution in [-0.4, -0.2) is 67.8 Å². The van der Waals surface area contributed by atoms with Crippen LogP contribution in [0.3, 0.4) is 0 Å². The molecule has 4 aromatic rings. The van der Waals surface area contributed by atoms with Crippen LogP contribution in [0.25, 0.3) is 10.9 Å². The molecule has 1 atom stereocenters. The van der Waals surface area contributed by atoms with E-state index in [0.29, 0.717) is 29.6 Å². The fraction of sp³-hybridized carbons (Fsp3) is 0.346. The minimum atomic E-state index is -4.89. The van der Waals surface area contributed by atoms with Gasteiger partial charge in [-0.3, -0.25) is 9.59 Å². The molecule has 5 rings (SSSR count). The number of rotatable bonds is 6. The topological polar surface area (TPSA) is 112 Å². The van der Waals surface area contributed by atoms with Crippen molar-refractivity contribution < 1.29 is 31.1 Å². The molecular formula is C26H24F6N8O2. The average Bonchev–Trinajstić information content (AvgIpc) is 3.30. The van der Waals surface area contributed by atoms with Crippen molar-refractivity contribution in [2.75, 3.05) is 36.4 Å². The van der Waals surface area contributed by atoms with Crippen molar-refractivity contribution in [1.29, 1.82) is 0 Å². The molecule has 1 aliphatic heterocycles. The molecule has 1 saturated heterocycles. The highest BCUT2D eigenvalue weighted by atomic mass is 19.4. The van der Waals surface area contributed by atoms with E-state index in [0.717, 1.165) is 18.6 Å². The second-order valence-corrected chi connectivity index (χ2v) is 9.79. The molecule has 0 aliphatic carbocycles. The summed E-state index contributed by atoms with van der Waals surface area (Å²) in [7, 11) is 0. The lowest BCUT2D eigenvalue weighted by atomic mass is 10.1. The van der Waals surface area contributed by atoms with E-state index in [-0.39, 0.29) is 31.5 Å². The van der Waals surface area contributed by atoms with E-state index in [1.807, 2.05) is 0 Å². The van der Waals surface area contributed by atoms with Crippen LogP contribution in [0, 0.1) is 0 Å². The van der Waals surface area contributed by atoms with Crippen LogP contribution in [0.4, 0.5) is 38.0 Å². The summed E-state index contributed by atoms with van der Waals surface area (Å²) in [5, 5.41) is 8.63. The van der Waals surface area contributed by atoms with Crippen LogP contribution in [-0.2, 0) is 18.9 Å². The Morgan fingerprint density at radius 2 is 1.67 bits per heavy atom. The van der Waals surface area contributed by atoms with Crippen LogP contribution < -0.4 is 15.8 Å². The maximum Gasteiger partial charge on any atom is 0.423 e. The number of hydrogen-bond acceptors (Lipinski definition) is 7. The van der Waals surface area contributed by atoms with Crippen LogP contribution in [0.1, 0.15) is 28.4 Å². The summed E-state index contributed by atoms with van der Waals surface area (Å²) in [4.78, 5) is 36.3. The van der Waals surface area contributed by atoms with Gasteiger partial charge in [-0.05, 0) is 13.0 Å². The van der Waals surface area contributed by atoms with E-state index >= 15 is 0 Å². The first-order valence-corrected chi connectivity index (χ1v) is 12.8. The van der Waals surface area contributed by atoms with Gasteiger partial charge < -0.3 is 19.7 Å². The van der Waals surface area contributed by atoms with Gasteiger partial charge in [0.05, 0.1) is 23.0 Å². The molecule has 10 nitrogen and oxygen atoms in total. The molecule has 0 saturated carbocycles. The SMILES string of the molecule is CC(Cn1cc(C(=O)N2CCN(c3ncc(C(F)(F)F)cn3)CC2)c2ccccc21)Nc1cn[nH]c(=O)c1C(F)(F)F. The lowest BCUT2D eigenvalue weighted by Crippen LogP contribution is -2.49. The van der Waals surface area contributed by atoms with Crippen molar-refractivity contribution in [2.24, 2.45) is 0 Å². The van der Waals surface area contributed by atoms with Crippen molar-refractivity contribution in [3.8, 4) is 0 Å². The first kappa shape index (κ1) is 28.9. The summed E-state index contributed by atoms with van der Waals surface area (Å²) in [6.45, 7) is 2.97. The molecule has 1 aliphatic rings. The summed E-state index contributed by atoms with van der Waals surface area (Å²) in [6.07, 6.45) is -5.45. The molecule has 1 aromatic carbocycles. The molecule has 222 valence electrons. The predicted octanol–water partition coefficient (Wildman–Crippen LogP) is 4.02. The maximum atomic E-state index is 13.5. The van der Waals surface area contributed by atoms with Gasteiger partial charge in [-0.15, -0.1) is 0 Å². The quantitative estimate of drug-likeness (QED) is 0.325. The number of nitrogens with one attached hydrogen (secondary N) is 2. The maximum absolute atomic E-state index is 13.5. The van der Waals surface area contributed by atoms with Gasteiger partial charge in [-0.25, -0.2) is 15.1 Å². The van der Waals surface area contributed by atoms with Gasteiger partial charge in [0.15, 0.2) is 0 Å². The van der Waals surface area contributed by atoms with Gasteiger partial charge in [0, 0.05) is 68.3 Å². The van der Waals surface area contributed by atoms with E-state index in [1.165, 1.54) is 0 Å². The highest BCUT2D eigenvalue weighted by Crippen LogP contribution is 2.32. The van der Waals surface area contributed by atoms with Gasteiger partial charge in [-0.2, -0.15) is 31.4 Å². The highest BCUT2D eigenvalue weighted by molar-refractivity contribution is 6.07. The summed E-state index contributed by atoms with van der Waals surface area (Å²) in [5.41, 5.74) is -3.06. The van der Waals surface area contributed by atoms with E-state index in [1.54, 1.807) is 56.9 Å². The lowest BCUT2D eigenvalue weighted by Gasteiger charge is -2.34. The molecule has 1 amide bonds. The zero-order valence-corrected chi connectivity index (χ0v) is 22.0. The Bertz CT molecular complexity index is 1640. The number of halogens is 6. The van der Waals surface area contributed by atoms with Gasteiger partial charge >= 0.3 is 12.4 Å². The number of hydrogen-bond donors (Lipinski definition) is 2. The molecule has 4 heterocycles. The Morgan fingerprint density at radius 1 is 1.00 bits per heavy atom. The summed E-state index contributed by atoms with van der Waals surface area (Å²) >= 11 is 0. The van der Waals surface area contributed by atoms with Crippen LogP contribution in [0.2, 0.25) is 0 Å². The number of H-pyrrole nitrogens is 1. The first-order valence-electron chi connectivity index (χ1n) is 12.8. The van der Waals surface area contributed by atoms with Gasteiger partial charge in [0.1, 0.15) is 5.56 Å². The Kier molecular flexibility index (Phi) is 7.55. The smallest absolute Gasteiger partial charge is 0.379 e. The number of aromatic amines is 1. The number of nitrogens with zero attached hydrogens (tertiary/aromatic N) is 6. The molecule has 2 N–H and O–H groups in total. The molecule has 16 heteroatoms. The third-order valence-electron chi connectivity index (χ3n) is 6.85. The van der Waals surface area contributed by atoms with E-state index in [9.17, 15) is 35.9 Å². The van der Waals surface area contributed by atoms with E-state index in [2.05, 4.69) is 20.4 Å². The third-order valence-corrected chi connectivity index (χ3v) is 6.85. The standard InChI is InChI=1S/C26H24F6N8O2/c1-15(36-19-12-35-37-22(41)21(19)26(30,31)32)13-40-14-18(17-4-2-3-5-20(17)40)23(42)38-6-8-39(9-7-38)24-33-10-16(11-34-24)25(27,28)29/h2-5,10-12,14-15H,6-9,13H2,1H3,(H2,36,37,41). The lowest BCUT2D eigenvalue weighted by molar-refractivity contribution is -0.139. The van der Waals surface area contributed by atoms with Crippen molar-refractivity contribution in [3.63, 3.8) is 0 Å². The fourth-order valence-electron chi connectivity index (χ4n) is 4.87. The average molecular weight is 595 g/mol. The number of aromatic nitrogens is 5. The number of amides is 1. The molecule has 1 fully saturated rings. The van der Waals surface area contributed by atoms with E-state index < -0.39 is 40.8 Å². The summed E-state index contributed by atoms with van der Waals surface area (Å²) in [5.74, 6) is -0.130. The second-order valence-electron chi connectivity index (χ2n) is 9.79. The Hall–Kier alpha value is -4.63. The number of alkyl halides is 6. The van der Waals surface area contributed by atoms with Crippen molar-refractivity contribution in [1.82, 2.24) is 29.6 Å². The zero-order valence-electron chi connectivity index (χ0n) is 22.0. The molecular weight excluding hydrogens is 570 g/mol. The number of fused-ring (bicyclic) bond motifs is 1. The number of carbonyl (C=O) groups excluding carboxylic acids is 1. The molecule has 0 bridgehead atoms. The van der Waals surface area contributed by atoms with Gasteiger partial charge in [-0.1, -0.05) is 18.2 Å². The number of carbonyl (C=O) groups is 1. The van der Waals surface area contributed by atoms with Crippen LogP contribution in [0.15, 0.2) is 53.8 Å². The third kappa shape index (κ3) is 5.87. The highest BCUT2D eigenvalue weighted by Gasteiger charge is 2.38. The fourth-order valence-corrected chi connectivity index (χ4v) is 4.87. The Balaban J connectivity index is 1.30. The minimum absolute atomic E-state index is 0.137. The number of benzene rings is 1. The van der Waals surface area contributed by atoms with E-state index in [4.69, 9.17) is 0 Å². The Labute approximate surface area is 234 Å². The molecule has 1 unspecified atom stereocenters. The Morgan fingerprint density at radius 3 is 2.31 bits per heavy atom. The zero-order chi connectivity index (χ0) is 30.2. The molecule has 0 radical (unpaired) electrons. The van der Waals surface area contributed by atoms with Crippen LogP contribution in [0.5, 0.6) is 0 Å². The van der Waals surface area contributed by atoms with Crippen molar-refractivity contribution in [2.45, 2.75) is 31.9 Å². The molecule has 3 aromatic heterocycles. The largest absolute Gasteiger partial charge is 0.423 e. The summed E-state index contributed by atoms with van der Waals surface area (Å²) < 4.78 is 80.6. The number of para-hydroxylation sites is 1. The van der Waals surface area contributed by atoms with Gasteiger partial charge in [0.2, 0.25) is 5.95 Å². The minimum Gasteiger partial charge on any atom is -0.379 e. The predicted molar refractivity (Wildman–Crippen MR) is 140 cm³/mol. The van der Waals surface area contributed by atoms with Crippen molar-refractivity contribution in [3.05, 3.63) is 76.1 Å².